The molecular weight excluding hydrogens is 608 g/mol. The third-order valence-electron chi connectivity index (χ3n) is 6.77. The summed E-state index contributed by atoms with van der Waals surface area (Å²) >= 11 is 0. The largest absolute Gasteiger partial charge is 0.508 e. The zero-order chi connectivity index (χ0) is 34.3. The van der Waals surface area contributed by atoms with Crippen LogP contribution in [0.15, 0.2) is 24.3 Å². The zero-order valence-corrected chi connectivity index (χ0v) is 26.1. The van der Waals surface area contributed by atoms with Crippen molar-refractivity contribution in [1.82, 2.24) is 0 Å². The van der Waals surface area contributed by atoms with Gasteiger partial charge in [-0.25, -0.2) is 9.59 Å². The molecule has 0 saturated carbocycles. The maximum atomic E-state index is 13.3. The van der Waals surface area contributed by atoms with Gasteiger partial charge < -0.3 is 44.1 Å². The van der Waals surface area contributed by atoms with Crippen molar-refractivity contribution in [3.8, 4) is 23.0 Å². The highest BCUT2D eigenvalue weighted by molar-refractivity contribution is 5.95. The highest BCUT2D eigenvalue weighted by Gasteiger charge is 2.28. The van der Waals surface area contributed by atoms with Crippen molar-refractivity contribution in [2.75, 3.05) is 0 Å². The van der Waals surface area contributed by atoms with Gasteiger partial charge in [0.1, 0.15) is 64.6 Å². The van der Waals surface area contributed by atoms with E-state index in [1.807, 2.05) is 0 Å². The molecule has 0 bridgehead atoms. The number of phenolic OH excluding ortho intramolecular Hbond substituents is 4. The molecule has 1 aliphatic rings. The fourth-order valence-corrected chi connectivity index (χ4v) is 4.96. The van der Waals surface area contributed by atoms with Crippen LogP contribution >= 0.6 is 0 Å². The smallest absolute Gasteiger partial charge is 0.342 e. The lowest BCUT2D eigenvalue weighted by Crippen LogP contribution is -2.27. The number of hydrogen-bond donors (Lipinski definition) is 4. The molecule has 0 saturated heterocycles. The lowest BCUT2D eigenvalue weighted by molar-refractivity contribution is -0.159. The molecule has 0 fully saturated rings. The topological polar surface area (TPSA) is 212 Å². The van der Waals surface area contributed by atoms with Crippen molar-refractivity contribution < 1.29 is 68.1 Å². The number of carbonyl (C=O) groups excluding carboxylic acids is 5. The predicted octanol–water partition coefficient (Wildman–Crippen LogP) is 3.36. The number of esters is 5. The van der Waals surface area contributed by atoms with Crippen LogP contribution in [0.2, 0.25) is 0 Å². The predicted molar refractivity (Wildman–Crippen MR) is 157 cm³/mol. The first-order chi connectivity index (χ1) is 21.5. The monoisotopic (exact) mass is 646 g/mol. The van der Waals surface area contributed by atoms with E-state index in [1.54, 1.807) is 0 Å². The van der Waals surface area contributed by atoms with E-state index in [9.17, 15) is 44.4 Å². The molecule has 0 aromatic heterocycles. The van der Waals surface area contributed by atoms with Gasteiger partial charge in [-0.3, -0.25) is 14.4 Å². The summed E-state index contributed by atoms with van der Waals surface area (Å²) in [4.78, 5) is 63.7. The van der Waals surface area contributed by atoms with Crippen LogP contribution < -0.4 is 0 Å². The van der Waals surface area contributed by atoms with E-state index in [0.717, 1.165) is 12.1 Å². The minimum Gasteiger partial charge on any atom is -0.508 e. The standard InChI is InChI=1S/C32H38O14/c1-15-6-20-11-22(33)13-24(35)29(20)31(40)45-16(2)7-21-12-23(34)14-25(36)30(21)32(41)46-19(5)10-28(39)44-18(4)9-27(38)43-17(3)8-26(37)42-15/h11-19,33-36H,6-10H2,1-5H3. The second-order valence-electron chi connectivity index (χ2n) is 11.4. The average Bonchev–Trinajstić information content (AvgIpc) is 2.86. The van der Waals surface area contributed by atoms with Crippen molar-refractivity contribution in [3.63, 3.8) is 0 Å². The van der Waals surface area contributed by atoms with Gasteiger partial charge in [0.2, 0.25) is 0 Å². The molecule has 46 heavy (non-hydrogen) atoms. The minimum atomic E-state index is -1.04. The first-order valence-corrected chi connectivity index (χ1v) is 14.6. The molecule has 0 amide bonds. The van der Waals surface area contributed by atoms with E-state index in [2.05, 4.69) is 0 Å². The molecule has 2 aromatic carbocycles. The van der Waals surface area contributed by atoms with Crippen LogP contribution in [0.4, 0.5) is 0 Å². The summed E-state index contributed by atoms with van der Waals surface area (Å²) in [5.74, 6) is -6.28. The van der Waals surface area contributed by atoms with Gasteiger partial charge in [0, 0.05) is 25.0 Å². The third kappa shape index (κ3) is 10.0. The number of cyclic esters (lactones) is 5. The van der Waals surface area contributed by atoms with E-state index in [-0.39, 0.29) is 53.7 Å². The first kappa shape index (κ1) is 35.5. The number of carbonyl (C=O) groups is 5. The zero-order valence-electron chi connectivity index (χ0n) is 26.1. The second-order valence-corrected chi connectivity index (χ2v) is 11.4. The Hall–Kier alpha value is -5.01. The number of benzene rings is 2. The average molecular weight is 647 g/mol. The Morgan fingerprint density at radius 2 is 0.739 bits per heavy atom. The highest BCUT2D eigenvalue weighted by Crippen LogP contribution is 2.32. The van der Waals surface area contributed by atoms with Gasteiger partial charge >= 0.3 is 29.8 Å². The fraction of sp³-hybridized carbons (Fsp3) is 0.469. The SMILES string of the molecule is CC1CC(=O)OC(C)Cc2cc(O)cc(O)c2C(=O)OC(C)Cc2cc(O)cc(O)c2C(=O)OC(C)CC(=O)OC(C)CC(=O)O1. The summed E-state index contributed by atoms with van der Waals surface area (Å²) in [6, 6.07) is 4.23. The number of phenols is 4. The first-order valence-electron chi connectivity index (χ1n) is 14.6. The number of ether oxygens (including phenoxy) is 5. The highest BCUT2D eigenvalue weighted by atomic mass is 16.6. The lowest BCUT2D eigenvalue weighted by Gasteiger charge is -2.21. The van der Waals surface area contributed by atoms with E-state index in [1.165, 1.54) is 46.8 Å². The van der Waals surface area contributed by atoms with Crippen LogP contribution in [-0.4, -0.2) is 80.8 Å². The number of aromatic hydroxyl groups is 4. The number of fused-ring (bicyclic) bond motifs is 2. The van der Waals surface area contributed by atoms with Crippen molar-refractivity contribution in [2.24, 2.45) is 0 Å². The van der Waals surface area contributed by atoms with Crippen LogP contribution in [0.1, 0.15) is 85.7 Å². The Morgan fingerprint density at radius 1 is 0.457 bits per heavy atom. The Kier molecular flexibility index (Phi) is 11.8. The normalized spacial score (nSPS) is 24.5. The van der Waals surface area contributed by atoms with Gasteiger partial charge in [-0.1, -0.05) is 0 Å². The molecule has 5 unspecified atom stereocenters. The molecule has 2 aromatic rings. The van der Waals surface area contributed by atoms with Crippen molar-refractivity contribution in [2.45, 2.75) is 97.2 Å². The van der Waals surface area contributed by atoms with Crippen molar-refractivity contribution in [1.29, 1.82) is 0 Å². The Bertz CT molecular complexity index is 1480. The maximum absolute atomic E-state index is 13.3. The summed E-state index contributed by atoms with van der Waals surface area (Å²) in [5, 5.41) is 41.2. The fourth-order valence-electron chi connectivity index (χ4n) is 4.96. The molecule has 250 valence electrons. The van der Waals surface area contributed by atoms with Crippen LogP contribution in [0.25, 0.3) is 0 Å². The van der Waals surface area contributed by atoms with E-state index < -0.39 is 84.0 Å². The summed E-state index contributed by atoms with van der Waals surface area (Å²) < 4.78 is 26.7. The van der Waals surface area contributed by atoms with E-state index in [4.69, 9.17) is 23.7 Å². The molecule has 14 heteroatoms. The molecule has 0 aliphatic carbocycles. The van der Waals surface area contributed by atoms with Crippen LogP contribution in [0.3, 0.4) is 0 Å². The number of rotatable bonds is 0. The van der Waals surface area contributed by atoms with Crippen molar-refractivity contribution >= 4 is 29.8 Å². The molecule has 0 radical (unpaired) electrons. The summed E-state index contributed by atoms with van der Waals surface area (Å²) in [6.07, 6.45) is -6.05. The molecule has 3 rings (SSSR count). The molecule has 5 atom stereocenters. The summed E-state index contributed by atoms with van der Waals surface area (Å²) in [6.45, 7) is 7.33. The van der Waals surface area contributed by atoms with Gasteiger partial charge in [-0.2, -0.15) is 0 Å². The van der Waals surface area contributed by atoms with Crippen LogP contribution in [0, 0.1) is 0 Å². The molecule has 0 spiro atoms. The Balaban J connectivity index is 1.95. The molecular formula is C32H38O14. The lowest BCUT2D eigenvalue weighted by atomic mass is 9.99. The maximum Gasteiger partial charge on any atom is 0.342 e. The third-order valence-corrected chi connectivity index (χ3v) is 6.77. The van der Waals surface area contributed by atoms with Crippen LogP contribution in [0.5, 0.6) is 23.0 Å². The Morgan fingerprint density at radius 3 is 1.09 bits per heavy atom. The van der Waals surface area contributed by atoms with Gasteiger partial charge in [0.15, 0.2) is 0 Å². The van der Waals surface area contributed by atoms with Gasteiger partial charge in [-0.15, -0.1) is 0 Å². The van der Waals surface area contributed by atoms with Gasteiger partial charge in [0.05, 0.1) is 19.3 Å². The number of hydrogen-bond acceptors (Lipinski definition) is 14. The molecule has 1 heterocycles. The summed E-state index contributed by atoms with van der Waals surface area (Å²) in [5.41, 5.74) is -0.508. The molecule has 4 N–H and O–H groups in total. The minimum absolute atomic E-state index is 0.0454. The quantitative estimate of drug-likeness (QED) is 0.239. The van der Waals surface area contributed by atoms with E-state index in [0.29, 0.717) is 0 Å². The second kappa shape index (κ2) is 15.3. The van der Waals surface area contributed by atoms with Crippen molar-refractivity contribution in [3.05, 3.63) is 46.5 Å². The summed E-state index contributed by atoms with van der Waals surface area (Å²) in [7, 11) is 0. The van der Waals surface area contributed by atoms with Gasteiger partial charge in [0.25, 0.3) is 0 Å². The molecule has 1 aliphatic heterocycles. The van der Waals surface area contributed by atoms with Gasteiger partial charge in [-0.05, 0) is 57.9 Å². The van der Waals surface area contributed by atoms with E-state index >= 15 is 0 Å². The Labute approximate surface area is 264 Å². The molecule has 14 nitrogen and oxygen atoms in total. The van der Waals surface area contributed by atoms with Crippen LogP contribution in [-0.2, 0) is 50.9 Å².